The van der Waals surface area contributed by atoms with Crippen LogP contribution < -0.4 is 10.2 Å². The Balaban J connectivity index is 1.62. The Morgan fingerprint density at radius 2 is 2.10 bits per heavy atom. The number of nitrogens with one attached hydrogen (secondary N) is 1. The lowest BCUT2D eigenvalue weighted by atomic mass is 10.2. The average Bonchev–Trinajstić information content (AvgIpc) is 3.19. The number of ether oxygens (including phenoxy) is 1. The van der Waals surface area contributed by atoms with E-state index >= 15 is 0 Å². The number of carbonyl (C=O) groups is 1. The van der Waals surface area contributed by atoms with Crippen molar-refractivity contribution in [2.24, 2.45) is 5.10 Å². The number of nitrogens with zero attached hydrogens (tertiary/aromatic N) is 4. The molecule has 0 fully saturated rings. The maximum absolute atomic E-state index is 12.2. The van der Waals surface area contributed by atoms with E-state index in [1.165, 1.54) is 31.5 Å². The van der Waals surface area contributed by atoms with Crippen molar-refractivity contribution in [3.8, 4) is 11.5 Å². The molecule has 2 aromatic carbocycles. The number of halogens is 1. The number of phenolic OH excluding ortho intramolecular Hbond substituents is 1. The SMILES string of the molecule is COc1cc(/C=N\NC(=O)c2ccn(Cc3ccc([N+](=O)[O-])cc3)n2)cc(Br)c1O. The molecule has 1 aromatic heterocycles. The van der Waals surface area contributed by atoms with Crippen LogP contribution >= 0.6 is 15.9 Å². The minimum absolute atomic E-state index is 0.00965. The van der Waals surface area contributed by atoms with Gasteiger partial charge in [0.25, 0.3) is 11.6 Å². The third-order valence-electron chi connectivity index (χ3n) is 4.02. The quantitative estimate of drug-likeness (QED) is 0.307. The van der Waals surface area contributed by atoms with Crippen molar-refractivity contribution in [3.05, 3.63) is 80.1 Å². The van der Waals surface area contributed by atoms with Crippen LogP contribution in [0.5, 0.6) is 11.5 Å². The van der Waals surface area contributed by atoms with Gasteiger partial charge in [-0.25, -0.2) is 5.43 Å². The molecule has 154 valence electrons. The smallest absolute Gasteiger partial charge is 0.291 e. The molecule has 2 N–H and O–H groups in total. The molecule has 3 aromatic rings. The molecule has 0 saturated heterocycles. The zero-order valence-electron chi connectivity index (χ0n) is 15.7. The Morgan fingerprint density at radius 3 is 2.77 bits per heavy atom. The van der Waals surface area contributed by atoms with Crippen molar-refractivity contribution in [3.63, 3.8) is 0 Å². The third-order valence-corrected chi connectivity index (χ3v) is 4.62. The molecule has 30 heavy (non-hydrogen) atoms. The second kappa shape index (κ2) is 9.18. The van der Waals surface area contributed by atoms with E-state index in [2.05, 4.69) is 31.6 Å². The van der Waals surface area contributed by atoms with Gasteiger partial charge in [-0.3, -0.25) is 19.6 Å². The van der Waals surface area contributed by atoms with Crippen molar-refractivity contribution < 1.29 is 19.6 Å². The lowest BCUT2D eigenvalue weighted by molar-refractivity contribution is -0.384. The van der Waals surface area contributed by atoms with Crippen LogP contribution in [0.4, 0.5) is 5.69 Å². The van der Waals surface area contributed by atoms with Crippen molar-refractivity contribution in [2.45, 2.75) is 6.54 Å². The molecule has 1 heterocycles. The van der Waals surface area contributed by atoms with Crippen LogP contribution in [0, 0.1) is 10.1 Å². The summed E-state index contributed by atoms with van der Waals surface area (Å²) in [6.45, 7) is 0.357. The first-order valence-electron chi connectivity index (χ1n) is 8.54. The first kappa shape index (κ1) is 21.0. The van der Waals surface area contributed by atoms with Gasteiger partial charge in [0.2, 0.25) is 0 Å². The summed E-state index contributed by atoms with van der Waals surface area (Å²) in [6.07, 6.45) is 3.03. The van der Waals surface area contributed by atoms with E-state index in [1.54, 1.807) is 35.1 Å². The number of carbonyl (C=O) groups excluding carboxylic acids is 1. The Labute approximate surface area is 179 Å². The number of hydrogen-bond acceptors (Lipinski definition) is 7. The van der Waals surface area contributed by atoms with Gasteiger partial charge in [-0.15, -0.1) is 0 Å². The molecular formula is C19H16BrN5O5. The number of phenols is 1. The molecule has 1 amide bonds. The summed E-state index contributed by atoms with van der Waals surface area (Å²) in [6, 6.07) is 10.8. The van der Waals surface area contributed by atoms with Gasteiger partial charge in [0, 0.05) is 18.3 Å². The van der Waals surface area contributed by atoms with Crippen molar-refractivity contribution >= 4 is 33.7 Å². The topological polar surface area (TPSA) is 132 Å². The molecule has 0 radical (unpaired) electrons. The minimum Gasteiger partial charge on any atom is -0.503 e. The molecule has 0 atom stereocenters. The Bertz CT molecular complexity index is 1110. The number of rotatable bonds is 7. The van der Waals surface area contributed by atoms with Crippen LogP contribution in [0.3, 0.4) is 0 Å². The number of benzene rings is 2. The van der Waals surface area contributed by atoms with E-state index < -0.39 is 10.8 Å². The number of methoxy groups -OCH3 is 1. The summed E-state index contributed by atoms with van der Waals surface area (Å²) >= 11 is 3.21. The van der Waals surface area contributed by atoms with Crippen LogP contribution in [-0.4, -0.2) is 39.0 Å². The van der Waals surface area contributed by atoms with Crippen molar-refractivity contribution in [1.29, 1.82) is 0 Å². The summed E-state index contributed by atoms with van der Waals surface area (Å²) in [5, 5.41) is 28.6. The van der Waals surface area contributed by atoms with Crippen LogP contribution in [-0.2, 0) is 6.54 Å². The lowest BCUT2D eigenvalue weighted by Crippen LogP contribution is -2.18. The molecule has 0 aliphatic rings. The molecule has 0 saturated carbocycles. The van der Waals surface area contributed by atoms with Crippen LogP contribution in [0.25, 0.3) is 0 Å². The number of non-ortho nitro benzene ring substituents is 1. The highest BCUT2D eigenvalue weighted by Crippen LogP contribution is 2.34. The Morgan fingerprint density at radius 1 is 1.37 bits per heavy atom. The van der Waals surface area contributed by atoms with Crippen LogP contribution in [0.2, 0.25) is 0 Å². The second-order valence-corrected chi connectivity index (χ2v) is 6.93. The van der Waals surface area contributed by atoms with Crippen LogP contribution in [0.1, 0.15) is 21.6 Å². The van der Waals surface area contributed by atoms with Crippen molar-refractivity contribution in [1.82, 2.24) is 15.2 Å². The van der Waals surface area contributed by atoms with Gasteiger partial charge >= 0.3 is 0 Å². The summed E-state index contributed by atoms with van der Waals surface area (Å²) < 4.78 is 7.03. The molecule has 0 aliphatic carbocycles. The third kappa shape index (κ3) is 5.00. The Kier molecular flexibility index (Phi) is 6.42. The van der Waals surface area contributed by atoms with E-state index in [1.807, 2.05) is 0 Å². The van der Waals surface area contributed by atoms with E-state index in [-0.39, 0.29) is 22.9 Å². The summed E-state index contributed by atoms with van der Waals surface area (Å²) in [5.41, 5.74) is 3.96. The molecule has 3 rings (SSSR count). The maximum atomic E-state index is 12.2. The molecule has 0 aliphatic heterocycles. The Hall–Kier alpha value is -3.73. The largest absolute Gasteiger partial charge is 0.503 e. The number of aromatic nitrogens is 2. The number of hydrogen-bond donors (Lipinski definition) is 2. The number of nitro benzene ring substituents is 1. The number of hydrazone groups is 1. The van der Waals surface area contributed by atoms with Gasteiger partial charge in [0.05, 0.1) is 29.3 Å². The van der Waals surface area contributed by atoms with Gasteiger partial charge in [-0.1, -0.05) is 12.1 Å². The summed E-state index contributed by atoms with van der Waals surface area (Å²) in [7, 11) is 1.43. The molecule has 0 unspecified atom stereocenters. The highest BCUT2D eigenvalue weighted by atomic mass is 79.9. The van der Waals surface area contributed by atoms with Crippen LogP contribution in [0.15, 0.2) is 58.2 Å². The normalized spacial score (nSPS) is 10.9. The van der Waals surface area contributed by atoms with E-state index in [9.17, 15) is 20.0 Å². The standard InChI is InChI=1S/C19H16BrN5O5/c1-30-17-9-13(8-15(20)18(17)26)10-21-22-19(27)16-6-7-24(23-16)11-12-2-4-14(5-3-12)25(28)29/h2-10,26H,11H2,1H3,(H,22,27)/b21-10-. The molecule has 0 spiro atoms. The fourth-order valence-corrected chi connectivity index (χ4v) is 2.99. The van der Waals surface area contributed by atoms with Gasteiger partial charge in [-0.2, -0.15) is 10.2 Å². The first-order valence-corrected chi connectivity index (χ1v) is 9.33. The predicted molar refractivity (Wildman–Crippen MR) is 112 cm³/mol. The molecule has 11 heteroatoms. The average molecular weight is 474 g/mol. The van der Waals surface area contributed by atoms with Gasteiger partial charge in [0.1, 0.15) is 0 Å². The van der Waals surface area contributed by atoms with Gasteiger partial charge in [-0.05, 0) is 45.3 Å². The van der Waals surface area contributed by atoms with E-state index in [4.69, 9.17) is 4.74 Å². The van der Waals surface area contributed by atoms with E-state index in [0.29, 0.717) is 16.6 Å². The fourth-order valence-electron chi connectivity index (χ4n) is 2.53. The maximum Gasteiger partial charge on any atom is 0.291 e. The first-order chi connectivity index (χ1) is 14.4. The summed E-state index contributed by atoms with van der Waals surface area (Å²) in [4.78, 5) is 22.5. The highest BCUT2D eigenvalue weighted by Gasteiger charge is 2.11. The lowest BCUT2D eigenvalue weighted by Gasteiger charge is -2.06. The second-order valence-electron chi connectivity index (χ2n) is 6.07. The number of amides is 1. The van der Waals surface area contributed by atoms with Gasteiger partial charge in [0.15, 0.2) is 17.2 Å². The molecule has 0 bridgehead atoms. The predicted octanol–water partition coefficient (Wildman–Crippen LogP) is 3.08. The number of nitro groups is 1. The number of aromatic hydroxyl groups is 1. The van der Waals surface area contributed by atoms with E-state index in [0.717, 1.165) is 5.56 Å². The fraction of sp³-hybridized carbons (Fsp3) is 0.105. The highest BCUT2D eigenvalue weighted by molar-refractivity contribution is 9.10. The minimum atomic E-state index is -0.501. The summed E-state index contributed by atoms with van der Waals surface area (Å²) in [5.74, 6) is -0.266. The van der Waals surface area contributed by atoms with Crippen molar-refractivity contribution in [2.75, 3.05) is 7.11 Å². The van der Waals surface area contributed by atoms with Gasteiger partial charge < -0.3 is 9.84 Å². The molecular weight excluding hydrogens is 458 g/mol. The monoisotopic (exact) mass is 473 g/mol. The molecule has 10 nitrogen and oxygen atoms in total. The zero-order valence-corrected chi connectivity index (χ0v) is 17.2. The zero-order chi connectivity index (χ0) is 21.7.